The number of piperazine rings is 1. The highest BCUT2D eigenvalue weighted by molar-refractivity contribution is 5.28. The zero-order valence-corrected chi connectivity index (χ0v) is 11.3. The van der Waals surface area contributed by atoms with E-state index in [2.05, 4.69) is 29.3 Å². The van der Waals surface area contributed by atoms with Crippen molar-refractivity contribution in [2.75, 3.05) is 33.3 Å². The van der Waals surface area contributed by atoms with Crippen molar-refractivity contribution in [1.82, 2.24) is 10.2 Å². The van der Waals surface area contributed by atoms with Crippen LogP contribution < -0.4 is 15.8 Å². The average Bonchev–Trinajstić information content (AvgIpc) is 2.40. The Morgan fingerprint density at radius 2 is 1.89 bits per heavy atom. The van der Waals surface area contributed by atoms with Gasteiger partial charge in [0.05, 0.1) is 12.8 Å². The molecule has 1 saturated heterocycles. The zero-order chi connectivity index (χ0) is 13.0. The molecule has 0 saturated carbocycles. The van der Waals surface area contributed by atoms with Crippen LogP contribution in [-0.2, 0) is 6.42 Å². The minimum absolute atomic E-state index is 0.281. The molecule has 1 aromatic carbocycles. The van der Waals surface area contributed by atoms with Gasteiger partial charge in [0.25, 0.3) is 0 Å². The maximum Gasteiger partial charge on any atom is 0.118 e. The topological polar surface area (TPSA) is 50.5 Å². The second-order valence-electron chi connectivity index (χ2n) is 5.12. The van der Waals surface area contributed by atoms with Crippen LogP contribution in [-0.4, -0.2) is 43.9 Å². The first kappa shape index (κ1) is 13.3. The van der Waals surface area contributed by atoms with Gasteiger partial charge < -0.3 is 15.8 Å². The van der Waals surface area contributed by atoms with E-state index in [4.69, 9.17) is 10.5 Å². The number of ether oxygens (including phenoxy) is 1. The van der Waals surface area contributed by atoms with Crippen LogP contribution in [0.15, 0.2) is 24.3 Å². The molecule has 0 aromatic heterocycles. The molecule has 4 nitrogen and oxygen atoms in total. The monoisotopic (exact) mass is 249 g/mol. The molecule has 1 unspecified atom stereocenters. The molecular weight excluding hydrogens is 226 g/mol. The third kappa shape index (κ3) is 3.22. The largest absolute Gasteiger partial charge is 0.497 e. The Balaban J connectivity index is 2.01. The summed E-state index contributed by atoms with van der Waals surface area (Å²) in [6.45, 7) is 6.19. The molecule has 1 atom stereocenters. The number of hydrogen-bond acceptors (Lipinski definition) is 4. The van der Waals surface area contributed by atoms with E-state index >= 15 is 0 Å². The van der Waals surface area contributed by atoms with E-state index < -0.39 is 0 Å². The Bertz CT molecular complexity index is 369. The molecule has 0 bridgehead atoms. The lowest BCUT2D eigenvalue weighted by atomic mass is 9.99. The fourth-order valence-corrected chi connectivity index (χ4v) is 2.44. The summed E-state index contributed by atoms with van der Waals surface area (Å²) in [7, 11) is 1.68. The molecule has 0 aliphatic carbocycles. The van der Waals surface area contributed by atoms with Crippen LogP contribution in [0.2, 0.25) is 0 Å². The SMILES string of the molecule is COc1ccc(CC(C)(N)N2CCNCC2)cc1. The Hall–Kier alpha value is -1.10. The fraction of sp³-hybridized carbons (Fsp3) is 0.571. The van der Waals surface area contributed by atoms with Crippen LogP contribution in [0.1, 0.15) is 12.5 Å². The summed E-state index contributed by atoms with van der Waals surface area (Å²) in [5, 5.41) is 3.35. The predicted octanol–water partition coefficient (Wildman–Crippen LogP) is 0.818. The van der Waals surface area contributed by atoms with Gasteiger partial charge in [-0.3, -0.25) is 4.90 Å². The van der Waals surface area contributed by atoms with Crippen LogP contribution in [0.3, 0.4) is 0 Å². The number of hydrogen-bond donors (Lipinski definition) is 2. The maximum atomic E-state index is 6.46. The average molecular weight is 249 g/mol. The summed E-state index contributed by atoms with van der Waals surface area (Å²) in [4.78, 5) is 2.35. The summed E-state index contributed by atoms with van der Waals surface area (Å²) >= 11 is 0. The fourth-order valence-electron chi connectivity index (χ4n) is 2.44. The van der Waals surface area contributed by atoms with Gasteiger partial charge in [-0.2, -0.15) is 0 Å². The number of nitrogens with two attached hydrogens (primary N) is 1. The van der Waals surface area contributed by atoms with Crippen molar-refractivity contribution in [3.63, 3.8) is 0 Å². The molecule has 4 heteroatoms. The normalized spacial score (nSPS) is 20.4. The third-order valence-electron chi connectivity index (χ3n) is 3.56. The van der Waals surface area contributed by atoms with Gasteiger partial charge in [-0.1, -0.05) is 12.1 Å². The molecule has 3 N–H and O–H groups in total. The van der Waals surface area contributed by atoms with Crippen molar-refractivity contribution >= 4 is 0 Å². The van der Waals surface area contributed by atoms with Crippen molar-refractivity contribution in [3.05, 3.63) is 29.8 Å². The van der Waals surface area contributed by atoms with Gasteiger partial charge in [-0.05, 0) is 24.6 Å². The van der Waals surface area contributed by atoms with Crippen LogP contribution >= 0.6 is 0 Å². The van der Waals surface area contributed by atoms with E-state index in [1.807, 2.05) is 12.1 Å². The number of benzene rings is 1. The van der Waals surface area contributed by atoms with Gasteiger partial charge in [-0.15, -0.1) is 0 Å². The minimum Gasteiger partial charge on any atom is -0.497 e. The van der Waals surface area contributed by atoms with E-state index in [-0.39, 0.29) is 5.66 Å². The van der Waals surface area contributed by atoms with Gasteiger partial charge in [0, 0.05) is 32.6 Å². The molecule has 18 heavy (non-hydrogen) atoms. The molecule has 0 amide bonds. The lowest BCUT2D eigenvalue weighted by molar-refractivity contribution is 0.0932. The van der Waals surface area contributed by atoms with Crippen molar-refractivity contribution in [1.29, 1.82) is 0 Å². The predicted molar refractivity (Wildman–Crippen MR) is 73.7 cm³/mol. The smallest absolute Gasteiger partial charge is 0.118 e. The first-order valence-corrected chi connectivity index (χ1v) is 6.49. The molecular formula is C14H23N3O. The molecule has 0 radical (unpaired) electrons. The minimum atomic E-state index is -0.281. The van der Waals surface area contributed by atoms with E-state index in [0.29, 0.717) is 0 Å². The second-order valence-corrected chi connectivity index (χ2v) is 5.12. The molecule has 0 spiro atoms. The lowest BCUT2D eigenvalue weighted by Crippen LogP contribution is -2.60. The summed E-state index contributed by atoms with van der Waals surface area (Å²) in [5.74, 6) is 0.889. The molecule has 1 fully saturated rings. The number of methoxy groups -OCH3 is 1. The van der Waals surface area contributed by atoms with Gasteiger partial charge in [0.2, 0.25) is 0 Å². The first-order chi connectivity index (χ1) is 8.62. The highest BCUT2D eigenvalue weighted by Crippen LogP contribution is 2.18. The summed E-state index contributed by atoms with van der Waals surface area (Å²) in [5.41, 5.74) is 7.43. The molecule has 100 valence electrons. The first-order valence-electron chi connectivity index (χ1n) is 6.49. The summed E-state index contributed by atoms with van der Waals surface area (Å²) in [6, 6.07) is 8.16. The van der Waals surface area contributed by atoms with Gasteiger partial charge in [0.1, 0.15) is 5.75 Å². The van der Waals surface area contributed by atoms with E-state index in [0.717, 1.165) is 38.3 Å². The van der Waals surface area contributed by atoms with Gasteiger partial charge >= 0.3 is 0 Å². The highest BCUT2D eigenvalue weighted by Gasteiger charge is 2.28. The van der Waals surface area contributed by atoms with Crippen LogP contribution in [0, 0.1) is 0 Å². The van der Waals surface area contributed by atoms with Crippen molar-refractivity contribution in [3.8, 4) is 5.75 Å². The summed E-state index contributed by atoms with van der Waals surface area (Å²) < 4.78 is 5.17. The van der Waals surface area contributed by atoms with E-state index in [1.54, 1.807) is 7.11 Å². The lowest BCUT2D eigenvalue weighted by Gasteiger charge is -2.41. The molecule has 1 aromatic rings. The Kier molecular flexibility index (Phi) is 4.22. The highest BCUT2D eigenvalue weighted by atomic mass is 16.5. The quantitative estimate of drug-likeness (QED) is 0.829. The van der Waals surface area contributed by atoms with Crippen LogP contribution in [0.4, 0.5) is 0 Å². The third-order valence-corrected chi connectivity index (χ3v) is 3.56. The van der Waals surface area contributed by atoms with Crippen LogP contribution in [0.25, 0.3) is 0 Å². The van der Waals surface area contributed by atoms with Crippen molar-refractivity contribution in [2.45, 2.75) is 19.0 Å². The zero-order valence-electron chi connectivity index (χ0n) is 11.3. The molecule has 2 rings (SSSR count). The van der Waals surface area contributed by atoms with Crippen molar-refractivity contribution < 1.29 is 4.74 Å². The maximum absolute atomic E-state index is 6.46. The van der Waals surface area contributed by atoms with E-state index in [1.165, 1.54) is 5.56 Å². The second kappa shape index (κ2) is 5.69. The Morgan fingerprint density at radius 1 is 1.28 bits per heavy atom. The number of nitrogens with one attached hydrogen (secondary N) is 1. The Labute approximate surface area is 109 Å². The van der Waals surface area contributed by atoms with Gasteiger partial charge in [0.15, 0.2) is 0 Å². The van der Waals surface area contributed by atoms with E-state index in [9.17, 15) is 0 Å². The molecule has 1 aliphatic rings. The van der Waals surface area contributed by atoms with Crippen LogP contribution in [0.5, 0.6) is 5.75 Å². The summed E-state index contributed by atoms with van der Waals surface area (Å²) in [6.07, 6.45) is 0.858. The van der Waals surface area contributed by atoms with Crippen molar-refractivity contribution in [2.24, 2.45) is 5.73 Å². The Morgan fingerprint density at radius 3 is 2.44 bits per heavy atom. The standard InChI is InChI=1S/C14H23N3O/c1-14(15,17-9-7-16-8-10-17)11-12-3-5-13(18-2)6-4-12/h3-6,16H,7-11,15H2,1-2H3. The number of nitrogens with zero attached hydrogens (tertiary/aromatic N) is 1. The number of rotatable bonds is 4. The van der Waals surface area contributed by atoms with Gasteiger partial charge in [-0.25, -0.2) is 0 Å². The molecule has 1 heterocycles. The molecule has 1 aliphatic heterocycles.